The van der Waals surface area contributed by atoms with E-state index in [2.05, 4.69) is 10.3 Å². The van der Waals surface area contributed by atoms with E-state index in [0.717, 1.165) is 27.2 Å². The zero-order valence-electron chi connectivity index (χ0n) is 13.7. The summed E-state index contributed by atoms with van der Waals surface area (Å²) >= 11 is 1.41. The Balaban J connectivity index is 2.44. The minimum absolute atomic E-state index is 0.341. The van der Waals surface area contributed by atoms with Crippen molar-refractivity contribution in [2.45, 2.75) is 27.4 Å². The molecule has 0 spiro atoms. The summed E-state index contributed by atoms with van der Waals surface area (Å²) in [6, 6.07) is 1.98. The molecule has 2 aromatic rings. The summed E-state index contributed by atoms with van der Waals surface area (Å²) < 4.78 is 10.2. The monoisotopic (exact) mass is 335 g/mol. The Bertz CT molecular complexity index is 753. The van der Waals surface area contributed by atoms with Gasteiger partial charge in [0.15, 0.2) is 0 Å². The molecule has 0 saturated heterocycles. The average molecular weight is 335 g/mol. The number of fused-ring (bicyclic) bond motifs is 1. The number of methoxy groups -OCH3 is 1. The molecule has 0 saturated carbocycles. The molecule has 6 nitrogen and oxygen atoms in total. The van der Waals surface area contributed by atoms with Crippen LogP contribution in [0, 0.1) is 6.92 Å². The number of carbonyl (C=O) groups excluding carboxylic acids is 1. The van der Waals surface area contributed by atoms with Gasteiger partial charge in [-0.3, -0.25) is 0 Å². The molecular weight excluding hydrogens is 314 g/mol. The highest BCUT2D eigenvalue weighted by atomic mass is 32.1. The van der Waals surface area contributed by atoms with Crippen LogP contribution >= 0.6 is 11.3 Å². The first kappa shape index (κ1) is 17.2. The number of hydrogen-bond donors (Lipinski definition) is 2. The zero-order chi connectivity index (χ0) is 17.0. The van der Waals surface area contributed by atoms with Gasteiger partial charge in [-0.1, -0.05) is 11.3 Å². The van der Waals surface area contributed by atoms with Crippen molar-refractivity contribution in [1.29, 1.82) is 0 Å². The molecule has 0 aliphatic rings. The van der Waals surface area contributed by atoms with E-state index in [9.17, 15) is 4.79 Å². The second kappa shape index (κ2) is 7.43. The number of nitrogen functional groups attached to an aromatic ring is 1. The van der Waals surface area contributed by atoms with Gasteiger partial charge in [-0.25, -0.2) is 9.78 Å². The minimum atomic E-state index is -0.387. The number of ether oxygens (including phenoxy) is 2. The molecule has 0 bridgehead atoms. The van der Waals surface area contributed by atoms with E-state index in [1.807, 2.05) is 13.0 Å². The lowest BCUT2D eigenvalue weighted by Gasteiger charge is -2.10. The van der Waals surface area contributed by atoms with Crippen LogP contribution < -0.4 is 11.1 Å². The first-order valence-corrected chi connectivity index (χ1v) is 8.07. The second-order valence-corrected chi connectivity index (χ2v) is 6.11. The molecule has 7 heteroatoms. The third-order valence-corrected chi connectivity index (χ3v) is 4.05. The van der Waals surface area contributed by atoms with Crippen molar-refractivity contribution in [3.05, 3.63) is 29.1 Å². The highest BCUT2D eigenvalue weighted by molar-refractivity contribution is 7.23. The first-order valence-electron chi connectivity index (χ1n) is 7.25. The van der Waals surface area contributed by atoms with Crippen LogP contribution in [-0.4, -0.2) is 24.7 Å². The molecule has 2 aromatic heterocycles. The van der Waals surface area contributed by atoms with Crippen molar-refractivity contribution in [3.63, 3.8) is 0 Å². The van der Waals surface area contributed by atoms with Crippen LogP contribution in [0.2, 0.25) is 0 Å². The van der Waals surface area contributed by atoms with Crippen LogP contribution in [0.15, 0.2) is 17.8 Å². The summed E-state index contributed by atoms with van der Waals surface area (Å²) in [5.74, 6) is -0.387. The number of nitrogens with two attached hydrogens (primary N) is 1. The standard InChI is InChI=1S/C16H21N3O3S/c1-5-22-12(20)7-10(3)18-14-13-11(8-21-4)6-9(2)19-16(13)23-15(14)17/h6-7,18H,5,8,17H2,1-4H3/b10-7-. The lowest BCUT2D eigenvalue weighted by atomic mass is 10.1. The molecule has 0 aliphatic heterocycles. The van der Waals surface area contributed by atoms with E-state index in [4.69, 9.17) is 15.2 Å². The van der Waals surface area contributed by atoms with Gasteiger partial charge < -0.3 is 20.5 Å². The zero-order valence-corrected chi connectivity index (χ0v) is 14.5. The molecule has 0 aromatic carbocycles. The molecule has 0 amide bonds. The van der Waals surface area contributed by atoms with Crippen molar-refractivity contribution in [2.24, 2.45) is 0 Å². The summed E-state index contributed by atoms with van der Waals surface area (Å²) in [5, 5.41) is 4.74. The van der Waals surface area contributed by atoms with Gasteiger partial charge in [-0.05, 0) is 32.4 Å². The van der Waals surface area contributed by atoms with Crippen molar-refractivity contribution < 1.29 is 14.3 Å². The van der Waals surface area contributed by atoms with Crippen LogP contribution in [0.5, 0.6) is 0 Å². The Kier molecular flexibility index (Phi) is 5.57. The molecule has 2 heterocycles. The maximum Gasteiger partial charge on any atom is 0.332 e. The van der Waals surface area contributed by atoms with Gasteiger partial charge in [-0.15, -0.1) is 0 Å². The molecule has 23 heavy (non-hydrogen) atoms. The summed E-state index contributed by atoms with van der Waals surface area (Å²) in [5.41, 5.74) is 9.46. The number of rotatable bonds is 6. The maximum absolute atomic E-state index is 11.5. The Morgan fingerprint density at radius 3 is 2.91 bits per heavy atom. The molecule has 2 rings (SSSR count). The van der Waals surface area contributed by atoms with E-state index in [0.29, 0.717) is 23.9 Å². The summed E-state index contributed by atoms with van der Waals surface area (Å²) in [7, 11) is 1.65. The van der Waals surface area contributed by atoms with Gasteiger partial charge in [0.05, 0.1) is 18.9 Å². The molecule has 3 N–H and O–H groups in total. The smallest absolute Gasteiger partial charge is 0.332 e. The van der Waals surface area contributed by atoms with Crippen LogP contribution in [0.25, 0.3) is 10.2 Å². The van der Waals surface area contributed by atoms with E-state index in [-0.39, 0.29) is 5.97 Å². The van der Waals surface area contributed by atoms with Gasteiger partial charge in [0.25, 0.3) is 0 Å². The second-order valence-electron chi connectivity index (χ2n) is 5.08. The third kappa shape index (κ3) is 4.00. The molecule has 124 valence electrons. The Labute approximate surface area is 139 Å². The molecule has 0 radical (unpaired) electrons. The Hall–Kier alpha value is -2.12. The minimum Gasteiger partial charge on any atom is -0.463 e. The fourth-order valence-corrected chi connectivity index (χ4v) is 3.31. The number of allylic oxidation sites excluding steroid dienone is 1. The predicted molar refractivity (Wildman–Crippen MR) is 93.5 cm³/mol. The molecule has 0 fully saturated rings. The van der Waals surface area contributed by atoms with Crippen LogP contribution in [-0.2, 0) is 20.9 Å². The number of carbonyl (C=O) groups is 1. The van der Waals surface area contributed by atoms with Crippen LogP contribution in [0.1, 0.15) is 25.1 Å². The number of aryl methyl sites for hydroxylation is 1. The van der Waals surface area contributed by atoms with E-state index < -0.39 is 0 Å². The highest BCUT2D eigenvalue weighted by Crippen LogP contribution is 2.40. The van der Waals surface area contributed by atoms with Crippen LogP contribution in [0.4, 0.5) is 10.7 Å². The predicted octanol–water partition coefficient (Wildman–Crippen LogP) is 3.21. The number of pyridine rings is 1. The Morgan fingerprint density at radius 2 is 2.26 bits per heavy atom. The number of esters is 1. The van der Waals surface area contributed by atoms with Crippen molar-refractivity contribution in [1.82, 2.24) is 4.98 Å². The summed E-state index contributed by atoms with van der Waals surface area (Å²) in [6.07, 6.45) is 1.41. The first-order chi connectivity index (χ1) is 11.0. The fourth-order valence-electron chi connectivity index (χ4n) is 2.32. The van der Waals surface area contributed by atoms with Gasteiger partial charge >= 0.3 is 5.97 Å². The quantitative estimate of drug-likeness (QED) is 0.623. The molecule has 0 aliphatic carbocycles. The molecular formula is C16H21N3O3S. The van der Waals surface area contributed by atoms with Gasteiger partial charge in [0.1, 0.15) is 9.83 Å². The lowest BCUT2D eigenvalue weighted by molar-refractivity contribution is -0.137. The average Bonchev–Trinajstić information content (AvgIpc) is 2.75. The number of aromatic nitrogens is 1. The lowest BCUT2D eigenvalue weighted by Crippen LogP contribution is -2.05. The maximum atomic E-state index is 11.5. The number of nitrogens with one attached hydrogen (secondary N) is 1. The SMILES string of the molecule is CCOC(=O)/C=C(/C)Nc1c(N)sc2nc(C)cc(COC)c12. The Morgan fingerprint density at radius 1 is 1.52 bits per heavy atom. The topological polar surface area (TPSA) is 86.5 Å². The van der Waals surface area contributed by atoms with Crippen LogP contribution in [0.3, 0.4) is 0 Å². The van der Waals surface area contributed by atoms with Gasteiger partial charge in [0, 0.05) is 30.0 Å². The number of thiophene rings is 1. The fraction of sp³-hybridized carbons (Fsp3) is 0.375. The number of hydrogen-bond acceptors (Lipinski definition) is 7. The third-order valence-electron chi connectivity index (χ3n) is 3.14. The molecule has 0 atom stereocenters. The highest BCUT2D eigenvalue weighted by Gasteiger charge is 2.16. The summed E-state index contributed by atoms with van der Waals surface area (Å²) in [4.78, 5) is 16.9. The van der Waals surface area contributed by atoms with Crippen molar-refractivity contribution >= 4 is 38.2 Å². The molecule has 0 unspecified atom stereocenters. The normalized spacial score (nSPS) is 11.7. The van der Waals surface area contributed by atoms with Crippen molar-refractivity contribution in [3.8, 4) is 0 Å². The number of nitrogens with zero attached hydrogens (tertiary/aromatic N) is 1. The number of anilines is 2. The van der Waals surface area contributed by atoms with Gasteiger partial charge in [0.2, 0.25) is 0 Å². The van der Waals surface area contributed by atoms with E-state index in [1.54, 1.807) is 21.0 Å². The summed E-state index contributed by atoms with van der Waals surface area (Å²) in [6.45, 7) is 6.30. The van der Waals surface area contributed by atoms with E-state index >= 15 is 0 Å². The van der Waals surface area contributed by atoms with E-state index in [1.165, 1.54) is 17.4 Å². The largest absolute Gasteiger partial charge is 0.463 e. The van der Waals surface area contributed by atoms with Crippen molar-refractivity contribution in [2.75, 3.05) is 24.8 Å². The van der Waals surface area contributed by atoms with Gasteiger partial charge in [-0.2, -0.15) is 0 Å².